The van der Waals surface area contributed by atoms with Crippen LogP contribution < -0.4 is 25.5 Å². The van der Waals surface area contributed by atoms with Crippen molar-refractivity contribution in [3.8, 4) is 11.5 Å². The van der Waals surface area contributed by atoms with Gasteiger partial charge in [-0.2, -0.15) is 5.10 Å². The zero-order valence-corrected chi connectivity index (χ0v) is 19.3. The molecule has 0 bridgehead atoms. The molecule has 33 heavy (non-hydrogen) atoms. The maximum Gasteiger partial charge on any atom is 0.329 e. The van der Waals surface area contributed by atoms with Gasteiger partial charge in [0.1, 0.15) is 0 Å². The van der Waals surface area contributed by atoms with Gasteiger partial charge in [-0.05, 0) is 68.7 Å². The molecule has 0 aliphatic heterocycles. The number of nitrogens with zero attached hydrogens (tertiary/aromatic N) is 1. The lowest BCUT2D eigenvalue weighted by molar-refractivity contribution is -0.139. The van der Waals surface area contributed by atoms with E-state index in [-0.39, 0.29) is 18.6 Å². The van der Waals surface area contributed by atoms with Gasteiger partial charge < -0.3 is 20.1 Å². The van der Waals surface area contributed by atoms with Gasteiger partial charge in [0, 0.05) is 11.7 Å². The normalized spacial score (nSPS) is 11.5. The van der Waals surface area contributed by atoms with Gasteiger partial charge in [0.2, 0.25) is 0 Å². The number of amides is 3. The number of aryl methyl sites for hydroxylation is 1. The molecular formula is C24H30N4O5. The Morgan fingerprint density at radius 1 is 1.03 bits per heavy atom. The lowest BCUT2D eigenvalue weighted by atomic mass is 10.2. The number of benzene rings is 2. The fourth-order valence-corrected chi connectivity index (χ4v) is 2.66. The summed E-state index contributed by atoms with van der Waals surface area (Å²) in [7, 11) is 0. The van der Waals surface area contributed by atoms with Crippen LogP contribution in [0.4, 0.5) is 5.69 Å². The maximum atomic E-state index is 12.2. The average Bonchev–Trinajstić information content (AvgIpc) is 2.78. The van der Waals surface area contributed by atoms with E-state index in [1.165, 1.54) is 6.21 Å². The first-order valence-corrected chi connectivity index (χ1v) is 10.7. The second-order valence-electron chi connectivity index (χ2n) is 7.33. The van der Waals surface area contributed by atoms with Crippen molar-refractivity contribution in [2.24, 2.45) is 5.10 Å². The fourth-order valence-electron chi connectivity index (χ4n) is 2.66. The van der Waals surface area contributed by atoms with Gasteiger partial charge in [0.25, 0.3) is 5.91 Å². The van der Waals surface area contributed by atoms with Crippen LogP contribution in [0.2, 0.25) is 0 Å². The van der Waals surface area contributed by atoms with E-state index < -0.39 is 11.8 Å². The minimum absolute atomic E-state index is 0.104. The summed E-state index contributed by atoms with van der Waals surface area (Å²) in [6, 6.07) is 12.4. The molecule has 176 valence electrons. The van der Waals surface area contributed by atoms with Gasteiger partial charge in [0.15, 0.2) is 18.1 Å². The largest absolute Gasteiger partial charge is 0.490 e. The zero-order chi connectivity index (χ0) is 24.2. The molecule has 2 aromatic carbocycles. The van der Waals surface area contributed by atoms with E-state index in [0.29, 0.717) is 35.8 Å². The summed E-state index contributed by atoms with van der Waals surface area (Å²) in [4.78, 5) is 35.7. The molecule has 9 heteroatoms. The summed E-state index contributed by atoms with van der Waals surface area (Å²) in [6.07, 6.45) is 2.09. The van der Waals surface area contributed by atoms with Crippen LogP contribution in [-0.2, 0) is 14.4 Å². The van der Waals surface area contributed by atoms with Gasteiger partial charge in [-0.1, -0.05) is 19.1 Å². The SMILES string of the molecule is CCOc1cc(/C=N\NC(=O)C(=O)N[C@H](C)CC)ccc1OCC(=O)Nc1cccc(C)c1. The maximum absolute atomic E-state index is 12.2. The smallest absolute Gasteiger partial charge is 0.329 e. The highest BCUT2D eigenvalue weighted by Gasteiger charge is 2.14. The number of anilines is 1. The molecule has 0 saturated heterocycles. The first kappa shape index (κ1) is 25.4. The minimum Gasteiger partial charge on any atom is -0.490 e. The van der Waals surface area contributed by atoms with Crippen LogP contribution in [0.5, 0.6) is 11.5 Å². The standard InChI is InChI=1S/C24H30N4O5/c1-5-17(4)26-23(30)24(31)28-25-14-18-10-11-20(21(13-18)32-6-2)33-15-22(29)27-19-9-7-8-16(3)12-19/h7-14,17H,5-6,15H2,1-4H3,(H,26,30)(H,27,29)(H,28,31)/b25-14-/t17-/m1/s1. The van der Waals surface area contributed by atoms with E-state index in [2.05, 4.69) is 21.2 Å². The molecule has 3 N–H and O–H groups in total. The number of hydrogen-bond acceptors (Lipinski definition) is 6. The molecule has 1 atom stereocenters. The number of carbonyl (C=O) groups is 3. The molecule has 2 aromatic rings. The molecule has 0 aliphatic rings. The number of carbonyl (C=O) groups excluding carboxylic acids is 3. The third-order valence-electron chi connectivity index (χ3n) is 4.50. The van der Waals surface area contributed by atoms with Crippen LogP contribution >= 0.6 is 0 Å². The van der Waals surface area contributed by atoms with E-state index in [1.807, 2.05) is 39.0 Å². The summed E-state index contributed by atoms with van der Waals surface area (Å²) in [6.45, 7) is 7.67. The van der Waals surface area contributed by atoms with E-state index >= 15 is 0 Å². The highest BCUT2D eigenvalue weighted by atomic mass is 16.5. The highest BCUT2D eigenvalue weighted by molar-refractivity contribution is 6.35. The third-order valence-corrected chi connectivity index (χ3v) is 4.50. The van der Waals surface area contributed by atoms with Crippen LogP contribution in [0.25, 0.3) is 0 Å². The molecule has 0 fully saturated rings. The van der Waals surface area contributed by atoms with Crippen LogP contribution in [0.15, 0.2) is 47.6 Å². The van der Waals surface area contributed by atoms with Gasteiger partial charge in [-0.15, -0.1) is 0 Å². The molecule has 0 radical (unpaired) electrons. The molecule has 0 aliphatic carbocycles. The Balaban J connectivity index is 1.95. The molecule has 0 aromatic heterocycles. The van der Waals surface area contributed by atoms with Gasteiger partial charge in [0.05, 0.1) is 12.8 Å². The van der Waals surface area contributed by atoms with Crippen molar-refractivity contribution in [3.63, 3.8) is 0 Å². The Morgan fingerprint density at radius 3 is 2.52 bits per heavy atom. The molecule has 0 unspecified atom stereocenters. The van der Waals surface area contributed by atoms with Gasteiger partial charge in [-0.25, -0.2) is 5.43 Å². The lowest BCUT2D eigenvalue weighted by Gasteiger charge is -2.13. The number of hydrazone groups is 1. The molecule has 0 heterocycles. The minimum atomic E-state index is -0.851. The van der Waals surface area contributed by atoms with E-state index in [0.717, 1.165) is 5.56 Å². The quantitative estimate of drug-likeness (QED) is 0.290. The van der Waals surface area contributed by atoms with Crippen LogP contribution in [0, 0.1) is 6.92 Å². The van der Waals surface area contributed by atoms with Crippen LogP contribution in [-0.4, -0.2) is 43.2 Å². The molecule has 3 amide bonds. The van der Waals surface area contributed by atoms with Crippen molar-refractivity contribution in [3.05, 3.63) is 53.6 Å². The predicted molar refractivity (Wildman–Crippen MR) is 127 cm³/mol. The predicted octanol–water partition coefficient (Wildman–Crippen LogP) is 2.78. The van der Waals surface area contributed by atoms with E-state index in [4.69, 9.17) is 9.47 Å². The van der Waals surface area contributed by atoms with E-state index in [1.54, 1.807) is 31.2 Å². The second kappa shape index (κ2) is 12.8. The van der Waals surface area contributed by atoms with Gasteiger partial charge >= 0.3 is 11.8 Å². The van der Waals surface area contributed by atoms with Crippen molar-refractivity contribution in [1.29, 1.82) is 0 Å². The van der Waals surface area contributed by atoms with Crippen molar-refractivity contribution in [2.45, 2.75) is 40.2 Å². The Labute approximate surface area is 193 Å². The molecule has 9 nitrogen and oxygen atoms in total. The monoisotopic (exact) mass is 454 g/mol. The van der Waals surface area contributed by atoms with Crippen LogP contribution in [0.1, 0.15) is 38.3 Å². The Kier molecular flexibility index (Phi) is 9.88. The number of nitrogens with one attached hydrogen (secondary N) is 3. The molecule has 0 saturated carbocycles. The van der Waals surface area contributed by atoms with Gasteiger partial charge in [-0.3, -0.25) is 14.4 Å². The first-order chi connectivity index (χ1) is 15.8. The Bertz CT molecular complexity index is 1010. The Morgan fingerprint density at radius 2 is 1.82 bits per heavy atom. The van der Waals surface area contributed by atoms with Crippen molar-refractivity contribution in [1.82, 2.24) is 10.7 Å². The topological polar surface area (TPSA) is 118 Å². The summed E-state index contributed by atoms with van der Waals surface area (Å²) >= 11 is 0. The van der Waals surface area contributed by atoms with Crippen molar-refractivity contribution >= 4 is 29.6 Å². The summed E-state index contributed by atoms with van der Waals surface area (Å²) in [5.74, 6) is -1.08. The zero-order valence-electron chi connectivity index (χ0n) is 19.3. The van der Waals surface area contributed by atoms with E-state index in [9.17, 15) is 14.4 Å². The first-order valence-electron chi connectivity index (χ1n) is 10.7. The lowest BCUT2D eigenvalue weighted by Crippen LogP contribution is -2.41. The summed E-state index contributed by atoms with van der Waals surface area (Å²) < 4.78 is 11.2. The highest BCUT2D eigenvalue weighted by Crippen LogP contribution is 2.28. The summed E-state index contributed by atoms with van der Waals surface area (Å²) in [5.41, 5.74) is 4.53. The number of hydrogen-bond donors (Lipinski definition) is 3. The average molecular weight is 455 g/mol. The number of ether oxygens (including phenoxy) is 2. The second-order valence-corrected chi connectivity index (χ2v) is 7.33. The van der Waals surface area contributed by atoms with Crippen molar-refractivity contribution < 1.29 is 23.9 Å². The number of rotatable bonds is 10. The van der Waals surface area contributed by atoms with Crippen molar-refractivity contribution in [2.75, 3.05) is 18.5 Å². The molecule has 2 rings (SSSR count). The van der Waals surface area contributed by atoms with Crippen LogP contribution in [0.3, 0.4) is 0 Å². The summed E-state index contributed by atoms with van der Waals surface area (Å²) in [5, 5.41) is 9.15. The molecular weight excluding hydrogens is 424 g/mol. The Hall–Kier alpha value is -3.88. The molecule has 0 spiro atoms. The third kappa shape index (κ3) is 8.64. The fraction of sp³-hybridized carbons (Fsp3) is 0.333.